The number of hydrogen-bond acceptors (Lipinski definition) is 12. The molecule has 0 aromatic carbocycles. The molecule has 1 aromatic rings. The molecule has 0 radical (unpaired) electrons. The smallest absolute Gasteiger partial charge is 0.356 e. The monoisotopic (exact) mass is 497 g/mol. The summed E-state index contributed by atoms with van der Waals surface area (Å²) in [5.74, 6) is -0.800. The van der Waals surface area contributed by atoms with E-state index in [1.165, 1.54) is 6.92 Å². The van der Waals surface area contributed by atoms with Crippen molar-refractivity contribution in [2.45, 2.75) is 26.9 Å². The maximum absolute atomic E-state index is 12.6. The number of ether oxygens (including phenoxy) is 2. The summed E-state index contributed by atoms with van der Waals surface area (Å²) in [6.45, 7) is 4.35. The van der Waals surface area contributed by atoms with Gasteiger partial charge in [0, 0.05) is 6.92 Å². The minimum Gasteiger partial charge on any atom is -0.463 e. The second-order valence-electron chi connectivity index (χ2n) is 5.67. The molecule has 0 aliphatic heterocycles. The maximum atomic E-state index is 12.6. The molecular weight excluding hydrogens is 473 g/mol. The number of nitrogens with one attached hydrogen (secondary N) is 3. The number of nitrogens with zero attached hydrogens (tertiary/aromatic N) is 2. The first kappa shape index (κ1) is 27.7. The van der Waals surface area contributed by atoms with Gasteiger partial charge in [0.05, 0.1) is 13.2 Å². The lowest BCUT2D eigenvalue weighted by Gasteiger charge is -2.22. The summed E-state index contributed by atoms with van der Waals surface area (Å²) >= 11 is 5.97. The molecule has 3 N–H and O–H groups in total. The van der Waals surface area contributed by atoms with Crippen molar-refractivity contribution >= 4 is 55.4 Å². The van der Waals surface area contributed by atoms with Crippen LogP contribution in [0.25, 0.3) is 0 Å². The molecular formula is C16H25ClN5O9P. The van der Waals surface area contributed by atoms with Gasteiger partial charge in [-0.05, 0) is 13.8 Å². The van der Waals surface area contributed by atoms with Crippen LogP contribution in [-0.4, -0.2) is 67.6 Å². The number of esters is 1. The maximum Gasteiger partial charge on any atom is 0.356 e. The molecule has 1 unspecified atom stereocenters. The third kappa shape index (κ3) is 9.85. The molecule has 14 nitrogen and oxygen atoms in total. The first-order valence-electron chi connectivity index (χ1n) is 9.27. The van der Waals surface area contributed by atoms with Crippen LogP contribution in [0.15, 0.2) is 0 Å². The van der Waals surface area contributed by atoms with Gasteiger partial charge in [-0.1, -0.05) is 11.6 Å². The lowest BCUT2D eigenvalue weighted by atomic mass is 10.4. The Labute approximate surface area is 189 Å². The summed E-state index contributed by atoms with van der Waals surface area (Å²) in [5, 5.41) is 4.33. The first-order chi connectivity index (χ1) is 15.3. The molecule has 2 amide bonds. The number of carbonyl (C=O) groups excluding carboxylic acids is 3. The highest BCUT2D eigenvalue weighted by molar-refractivity contribution is 7.53. The fourth-order valence-corrected chi connectivity index (χ4v) is 3.70. The van der Waals surface area contributed by atoms with E-state index < -0.39 is 26.0 Å². The van der Waals surface area contributed by atoms with Crippen LogP contribution in [0.5, 0.6) is 0 Å². The lowest BCUT2D eigenvalue weighted by molar-refractivity contribution is -0.146. The van der Waals surface area contributed by atoms with E-state index in [9.17, 15) is 18.9 Å². The number of halogens is 1. The van der Waals surface area contributed by atoms with Gasteiger partial charge in [-0.3, -0.25) is 29.1 Å². The van der Waals surface area contributed by atoms with E-state index in [1.54, 1.807) is 13.8 Å². The zero-order valence-electron chi connectivity index (χ0n) is 17.7. The van der Waals surface area contributed by atoms with Crippen molar-refractivity contribution in [3.8, 4) is 0 Å². The number of anilines is 3. The highest BCUT2D eigenvalue weighted by Gasteiger charge is 2.27. The average Bonchev–Trinajstić information content (AvgIpc) is 2.72. The summed E-state index contributed by atoms with van der Waals surface area (Å²) in [6.07, 6.45) is -0.614. The second-order valence-corrected chi connectivity index (χ2v) is 8.02. The molecule has 1 aromatic heterocycles. The molecule has 0 bridgehead atoms. The van der Waals surface area contributed by atoms with Gasteiger partial charge in [-0.25, -0.2) is 5.48 Å². The molecule has 1 atom stereocenters. The van der Waals surface area contributed by atoms with Gasteiger partial charge < -0.3 is 23.8 Å². The van der Waals surface area contributed by atoms with E-state index in [1.807, 2.05) is 0 Å². The number of carbonyl (C=O) groups is 3. The molecule has 0 spiro atoms. The third-order valence-electron chi connectivity index (χ3n) is 3.29. The van der Waals surface area contributed by atoms with E-state index in [0.717, 1.165) is 0 Å². The van der Waals surface area contributed by atoms with Gasteiger partial charge in [-0.15, -0.1) is 0 Å². The van der Waals surface area contributed by atoms with Crippen molar-refractivity contribution < 1.29 is 42.3 Å². The van der Waals surface area contributed by atoms with E-state index in [4.69, 9.17) is 35.0 Å². The Morgan fingerprint density at radius 1 is 1.12 bits per heavy atom. The van der Waals surface area contributed by atoms with E-state index >= 15 is 0 Å². The Morgan fingerprint density at radius 2 is 1.78 bits per heavy atom. The van der Waals surface area contributed by atoms with Crippen LogP contribution >= 0.6 is 19.2 Å². The van der Waals surface area contributed by atoms with Crippen LogP contribution in [0.4, 0.5) is 17.5 Å². The van der Waals surface area contributed by atoms with Gasteiger partial charge in [0.1, 0.15) is 31.4 Å². The van der Waals surface area contributed by atoms with Crippen molar-refractivity contribution in [1.29, 1.82) is 0 Å². The normalized spacial score (nSPS) is 12.0. The summed E-state index contributed by atoms with van der Waals surface area (Å²) in [4.78, 5) is 45.6. The molecule has 0 saturated heterocycles. The SMILES string of the molecule is CCOP(=O)(COC(CONc1nc(NC=O)nc(Cl)c1NC=O)COC(C)=O)OCC. The Bertz CT molecular complexity index is 806. The molecule has 32 heavy (non-hydrogen) atoms. The third-order valence-corrected chi connectivity index (χ3v) is 5.33. The molecule has 1 heterocycles. The molecule has 0 fully saturated rings. The standard InChI is InChI=1S/C16H25ClN5O9P/c1-4-30-32(26,31-5-2)10-28-12(6-27-11(3)25)7-29-22-15-13(18-8-23)14(17)20-16(21-15)19-9-24/h8-9,12H,4-7,10H2,1-3H3,(H,18,23)(H2,19,20,21,22,24). The van der Waals surface area contributed by atoms with Crippen LogP contribution in [0, 0.1) is 0 Å². The van der Waals surface area contributed by atoms with Crippen molar-refractivity contribution in [3.63, 3.8) is 0 Å². The molecule has 1 rings (SSSR count). The second kappa shape index (κ2) is 14.7. The largest absolute Gasteiger partial charge is 0.463 e. The first-order valence-corrected chi connectivity index (χ1v) is 11.4. The predicted molar refractivity (Wildman–Crippen MR) is 113 cm³/mol. The molecule has 0 aliphatic rings. The van der Waals surface area contributed by atoms with E-state index in [-0.39, 0.29) is 49.0 Å². The predicted octanol–water partition coefficient (Wildman–Crippen LogP) is 1.78. The zero-order valence-corrected chi connectivity index (χ0v) is 19.3. The van der Waals surface area contributed by atoms with E-state index in [0.29, 0.717) is 12.8 Å². The molecule has 180 valence electrons. The highest BCUT2D eigenvalue weighted by atomic mass is 35.5. The van der Waals surface area contributed by atoms with Crippen LogP contribution < -0.4 is 16.1 Å². The number of amides is 2. The summed E-state index contributed by atoms with van der Waals surface area (Å²) < 4.78 is 33.3. The molecule has 0 aliphatic carbocycles. The van der Waals surface area contributed by atoms with Gasteiger partial charge in [0.25, 0.3) is 0 Å². The van der Waals surface area contributed by atoms with Crippen LogP contribution in [0.2, 0.25) is 5.15 Å². The van der Waals surface area contributed by atoms with Gasteiger partial charge in [-0.2, -0.15) is 9.97 Å². The van der Waals surface area contributed by atoms with Crippen molar-refractivity contribution in [1.82, 2.24) is 9.97 Å². The van der Waals surface area contributed by atoms with Crippen LogP contribution in [0.1, 0.15) is 20.8 Å². The van der Waals surface area contributed by atoms with Crippen LogP contribution in [0.3, 0.4) is 0 Å². The van der Waals surface area contributed by atoms with Crippen LogP contribution in [-0.2, 0) is 42.3 Å². The Balaban J connectivity index is 2.87. The quantitative estimate of drug-likeness (QED) is 0.0935. The molecule has 16 heteroatoms. The Morgan fingerprint density at radius 3 is 2.34 bits per heavy atom. The highest BCUT2D eigenvalue weighted by Crippen LogP contribution is 2.48. The summed E-state index contributed by atoms with van der Waals surface area (Å²) in [5.41, 5.74) is 2.42. The number of aromatic nitrogens is 2. The zero-order chi connectivity index (χ0) is 24.0. The van der Waals surface area contributed by atoms with Gasteiger partial charge in [0.2, 0.25) is 18.8 Å². The topological polar surface area (TPSA) is 176 Å². The minimum absolute atomic E-state index is 0.0206. The number of hydrogen-bond donors (Lipinski definition) is 3. The average molecular weight is 498 g/mol. The van der Waals surface area contributed by atoms with E-state index in [2.05, 4.69) is 26.1 Å². The van der Waals surface area contributed by atoms with Gasteiger partial charge >= 0.3 is 13.6 Å². The lowest BCUT2D eigenvalue weighted by Crippen LogP contribution is -2.29. The van der Waals surface area contributed by atoms with Crippen molar-refractivity contribution in [3.05, 3.63) is 5.15 Å². The number of rotatable bonds is 17. The summed E-state index contributed by atoms with van der Waals surface area (Å²) in [7, 11) is -3.52. The van der Waals surface area contributed by atoms with Crippen molar-refractivity contribution in [2.24, 2.45) is 0 Å². The minimum atomic E-state index is -3.52. The van der Waals surface area contributed by atoms with Crippen molar-refractivity contribution in [2.75, 3.05) is 48.9 Å². The fourth-order valence-electron chi connectivity index (χ4n) is 2.07. The Hall–Kier alpha value is -2.35. The molecule has 0 saturated carbocycles. The Kier molecular flexibility index (Phi) is 12.7. The fraction of sp³-hybridized carbons (Fsp3) is 0.562. The summed E-state index contributed by atoms with van der Waals surface area (Å²) in [6, 6.07) is 0. The van der Waals surface area contributed by atoms with Gasteiger partial charge in [0.15, 0.2) is 11.0 Å².